The van der Waals surface area contributed by atoms with Crippen molar-refractivity contribution >= 4 is 12.0 Å². The zero-order chi connectivity index (χ0) is 25.6. The molecule has 2 amide bonds. The van der Waals surface area contributed by atoms with Gasteiger partial charge >= 0.3 is 18.2 Å². The van der Waals surface area contributed by atoms with Crippen LogP contribution in [0.4, 0.5) is 18.0 Å². The molecule has 2 saturated heterocycles. The molecule has 1 aliphatic carbocycles. The number of rotatable bonds is 6. The molecule has 4 rings (SSSR count). The molecule has 3 aliphatic rings. The molecule has 0 bridgehead atoms. The fourth-order valence-corrected chi connectivity index (χ4v) is 5.16. The Bertz CT molecular complexity index is 990. The Morgan fingerprint density at radius 2 is 1.80 bits per heavy atom. The quantitative estimate of drug-likeness (QED) is 0.604. The number of hydrogen-bond acceptors (Lipinski definition) is 5. The SMILES string of the molecule is CC(C)(C)OC(=O)N1CC(CC#N)(N2CC(CN(C(=O)C(F)(F)F)C3CC3c3ccccc3)C2)C1. The number of likely N-dealkylation sites (tertiary alicyclic amines) is 2. The molecule has 0 aromatic heterocycles. The van der Waals surface area contributed by atoms with E-state index in [0.29, 0.717) is 32.6 Å². The van der Waals surface area contributed by atoms with Gasteiger partial charge in [-0.2, -0.15) is 18.4 Å². The standard InChI is InChI=1S/C25H31F3N4O3/c1-23(2,3)35-22(34)30-15-24(16-30,9-10-29)31-12-17(13-31)14-32(21(33)25(26,27)28)20-11-19(20)18-7-5-4-6-8-18/h4-8,17,19-20H,9,11-16H2,1-3H3. The van der Waals surface area contributed by atoms with Gasteiger partial charge in [0.15, 0.2) is 0 Å². The van der Waals surface area contributed by atoms with Gasteiger partial charge in [0.2, 0.25) is 0 Å². The molecular formula is C25H31F3N4O3. The maximum Gasteiger partial charge on any atom is 0.471 e. The van der Waals surface area contributed by atoms with E-state index in [-0.39, 0.29) is 24.8 Å². The number of carbonyl (C=O) groups is 2. The Kier molecular flexibility index (Phi) is 6.51. The highest BCUT2D eigenvalue weighted by atomic mass is 19.4. The second-order valence-corrected chi connectivity index (χ2v) is 10.9. The Hall–Kier alpha value is -2.80. The van der Waals surface area contributed by atoms with Crippen molar-refractivity contribution in [2.24, 2.45) is 5.92 Å². The summed E-state index contributed by atoms with van der Waals surface area (Å²) in [5.74, 6) is -1.99. The molecule has 0 radical (unpaired) electrons. The maximum atomic E-state index is 13.4. The van der Waals surface area contributed by atoms with E-state index in [4.69, 9.17) is 4.74 Å². The number of halogens is 3. The van der Waals surface area contributed by atoms with E-state index in [9.17, 15) is 28.0 Å². The topological polar surface area (TPSA) is 76.9 Å². The molecule has 35 heavy (non-hydrogen) atoms. The van der Waals surface area contributed by atoms with Crippen LogP contribution in [0.5, 0.6) is 0 Å². The van der Waals surface area contributed by atoms with Crippen molar-refractivity contribution in [1.29, 1.82) is 5.26 Å². The second kappa shape index (κ2) is 9.01. The van der Waals surface area contributed by atoms with Crippen LogP contribution in [0.25, 0.3) is 0 Å². The van der Waals surface area contributed by atoms with Crippen molar-refractivity contribution in [2.75, 3.05) is 32.7 Å². The Morgan fingerprint density at radius 1 is 1.17 bits per heavy atom. The molecule has 190 valence electrons. The minimum Gasteiger partial charge on any atom is -0.444 e. The summed E-state index contributed by atoms with van der Waals surface area (Å²) >= 11 is 0. The molecule has 1 aromatic rings. The van der Waals surface area contributed by atoms with Crippen LogP contribution in [0.3, 0.4) is 0 Å². The average Bonchev–Trinajstić information content (AvgIpc) is 3.49. The normalized spacial score (nSPS) is 24.1. The van der Waals surface area contributed by atoms with E-state index in [1.165, 1.54) is 0 Å². The minimum atomic E-state index is -4.92. The number of nitrogens with zero attached hydrogens (tertiary/aromatic N) is 4. The first-order valence-electron chi connectivity index (χ1n) is 11.9. The van der Waals surface area contributed by atoms with Gasteiger partial charge in [0.05, 0.1) is 18.0 Å². The molecule has 1 saturated carbocycles. The molecule has 2 unspecified atom stereocenters. The zero-order valence-electron chi connectivity index (χ0n) is 20.2. The van der Waals surface area contributed by atoms with Crippen LogP contribution in [0.15, 0.2) is 30.3 Å². The molecule has 0 N–H and O–H groups in total. The number of hydrogen-bond donors (Lipinski definition) is 0. The monoisotopic (exact) mass is 492 g/mol. The van der Waals surface area contributed by atoms with Gasteiger partial charge in [-0.25, -0.2) is 4.79 Å². The van der Waals surface area contributed by atoms with Crippen molar-refractivity contribution in [2.45, 2.75) is 62.9 Å². The van der Waals surface area contributed by atoms with Crippen LogP contribution in [0, 0.1) is 17.2 Å². The van der Waals surface area contributed by atoms with Gasteiger partial charge < -0.3 is 14.5 Å². The maximum absolute atomic E-state index is 13.4. The highest BCUT2D eigenvalue weighted by Crippen LogP contribution is 2.47. The summed E-state index contributed by atoms with van der Waals surface area (Å²) in [5, 5.41) is 9.35. The number of benzene rings is 1. The van der Waals surface area contributed by atoms with Crippen LogP contribution in [-0.4, -0.2) is 82.8 Å². The lowest BCUT2D eigenvalue weighted by Gasteiger charge is -2.59. The molecule has 10 heteroatoms. The number of ether oxygens (including phenoxy) is 1. The largest absolute Gasteiger partial charge is 0.471 e. The molecule has 7 nitrogen and oxygen atoms in total. The Labute approximate surface area is 203 Å². The first-order valence-corrected chi connectivity index (χ1v) is 11.9. The zero-order valence-corrected chi connectivity index (χ0v) is 20.2. The van der Waals surface area contributed by atoms with Crippen molar-refractivity contribution in [3.63, 3.8) is 0 Å². The predicted octanol–water partition coefficient (Wildman–Crippen LogP) is 3.77. The van der Waals surface area contributed by atoms with Gasteiger partial charge in [0.25, 0.3) is 0 Å². The van der Waals surface area contributed by atoms with E-state index >= 15 is 0 Å². The third kappa shape index (κ3) is 5.40. The van der Waals surface area contributed by atoms with Gasteiger partial charge in [-0.1, -0.05) is 30.3 Å². The molecule has 2 aliphatic heterocycles. The summed E-state index contributed by atoms with van der Waals surface area (Å²) in [6, 6.07) is 11.0. The number of amides is 2. The van der Waals surface area contributed by atoms with Gasteiger partial charge in [0, 0.05) is 50.6 Å². The molecule has 3 fully saturated rings. The van der Waals surface area contributed by atoms with Crippen LogP contribution in [-0.2, 0) is 9.53 Å². The smallest absolute Gasteiger partial charge is 0.444 e. The van der Waals surface area contributed by atoms with Crippen molar-refractivity contribution < 1.29 is 27.5 Å². The van der Waals surface area contributed by atoms with Crippen molar-refractivity contribution in [3.8, 4) is 6.07 Å². The first-order chi connectivity index (χ1) is 16.3. The summed E-state index contributed by atoms with van der Waals surface area (Å²) < 4.78 is 45.5. The fourth-order valence-electron chi connectivity index (χ4n) is 5.16. The van der Waals surface area contributed by atoms with Gasteiger partial charge in [-0.05, 0) is 32.8 Å². The molecular weight excluding hydrogens is 461 g/mol. The minimum absolute atomic E-state index is 0.0290. The highest BCUT2D eigenvalue weighted by Gasteiger charge is 2.56. The molecule has 2 heterocycles. The van der Waals surface area contributed by atoms with E-state index in [2.05, 4.69) is 11.0 Å². The number of nitriles is 1. The molecule has 1 aromatic carbocycles. The van der Waals surface area contributed by atoms with Gasteiger partial charge in [-0.15, -0.1) is 0 Å². The summed E-state index contributed by atoms with van der Waals surface area (Å²) in [4.78, 5) is 29.2. The van der Waals surface area contributed by atoms with Crippen LogP contribution >= 0.6 is 0 Å². The van der Waals surface area contributed by atoms with Crippen LogP contribution in [0.1, 0.15) is 45.1 Å². The number of carbonyl (C=O) groups excluding carboxylic acids is 2. The summed E-state index contributed by atoms with van der Waals surface area (Å²) in [7, 11) is 0. The van der Waals surface area contributed by atoms with E-state index in [0.717, 1.165) is 10.5 Å². The summed E-state index contributed by atoms with van der Waals surface area (Å²) in [6.45, 7) is 7.01. The van der Waals surface area contributed by atoms with Gasteiger partial charge in [-0.3, -0.25) is 9.69 Å². The Balaban J connectivity index is 1.37. The lowest BCUT2D eigenvalue weighted by atomic mass is 9.80. The van der Waals surface area contributed by atoms with E-state index < -0.39 is 35.4 Å². The van der Waals surface area contributed by atoms with Crippen LogP contribution in [0.2, 0.25) is 0 Å². The van der Waals surface area contributed by atoms with Crippen LogP contribution < -0.4 is 0 Å². The summed E-state index contributed by atoms with van der Waals surface area (Å²) in [6.07, 6.45) is -4.63. The molecule has 2 atom stereocenters. The number of alkyl halides is 3. The van der Waals surface area contributed by atoms with Gasteiger partial charge in [0.1, 0.15) is 5.60 Å². The highest BCUT2D eigenvalue weighted by molar-refractivity contribution is 5.82. The third-order valence-corrected chi connectivity index (χ3v) is 7.00. The van der Waals surface area contributed by atoms with Crippen molar-refractivity contribution in [3.05, 3.63) is 35.9 Å². The predicted molar refractivity (Wildman–Crippen MR) is 121 cm³/mol. The van der Waals surface area contributed by atoms with Crippen molar-refractivity contribution in [1.82, 2.24) is 14.7 Å². The summed E-state index contributed by atoms with van der Waals surface area (Å²) in [5.41, 5.74) is -0.202. The third-order valence-electron chi connectivity index (χ3n) is 7.00. The second-order valence-electron chi connectivity index (χ2n) is 10.9. The fraction of sp³-hybridized carbons (Fsp3) is 0.640. The lowest BCUT2D eigenvalue weighted by molar-refractivity contribution is -0.188. The lowest BCUT2D eigenvalue weighted by Crippen LogP contribution is -2.76. The Morgan fingerprint density at radius 3 is 2.34 bits per heavy atom. The van der Waals surface area contributed by atoms with E-state index in [1.807, 2.05) is 30.3 Å². The molecule has 0 spiro atoms. The van der Waals surface area contributed by atoms with E-state index in [1.54, 1.807) is 25.7 Å². The average molecular weight is 493 g/mol. The first kappa shape index (κ1) is 25.3.